The fraction of sp³-hybridized carbons (Fsp3) is 0.400. The van der Waals surface area contributed by atoms with Gasteiger partial charge >= 0.3 is 0 Å². The third kappa shape index (κ3) is 2.33. The molecule has 5 heterocycles. The van der Waals surface area contributed by atoms with Crippen LogP contribution in [0.5, 0.6) is 0 Å². The number of amides is 1. The van der Waals surface area contributed by atoms with Crippen LogP contribution >= 0.6 is 0 Å². The lowest BCUT2D eigenvalue weighted by Gasteiger charge is -2.34. The van der Waals surface area contributed by atoms with Crippen LogP contribution in [0.25, 0.3) is 5.65 Å². The molecule has 1 saturated heterocycles. The monoisotopic (exact) mass is 340 g/mol. The topological polar surface area (TPSA) is 93.7 Å². The van der Waals surface area contributed by atoms with Crippen LogP contribution in [0.15, 0.2) is 30.7 Å². The number of hydroxylamine groups is 2. The summed E-state index contributed by atoms with van der Waals surface area (Å²) in [4.78, 5) is 20.4. The highest BCUT2D eigenvalue weighted by atomic mass is 16.7. The Balaban J connectivity index is 1.49. The Morgan fingerprint density at radius 1 is 1.28 bits per heavy atom. The summed E-state index contributed by atoms with van der Waals surface area (Å²) in [5.74, 6) is 0.692. The Kier molecular flexibility index (Phi) is 3.17. The standard InChI is InChI=1S/C15H16N8O2/c24-15(22-6-1-7-25-22)12-9-20(8-11-4-5-17-23(11)12)14-3-2-13-18-16-10-21(13)19-14/h2-5,10,12H,1,6-9H2. The molecule has 1 amide bonds. The molecule has 1 fully saturated rings. The number of anilines is 1. The minimum atomic E-state index is -0.435. The molecule has 1 unspecified atom stereocenters. The van der Waals surface area contributed by atoms with Crippen molar-refractivity contribution in [3.63, 3.8) is 0 Å². The van der Waals surface area contributed by atoms with Crippen molar-refractivity contribution in [2.24, 2.45) is 0 Å². The summed E-state index contributed by atoms with van der Waals surface area (Å²) in [6.45, 7) is 2.32. The first kappa shape index (κ1) is 14.3. The molecule has 0 spiro atoms. The van der Waals surface area contributed by atoms with E-state index >= 15 is 0 Å². The van der Waals surface area contributed by atoms with E-state index in [4.69, 9.17) is 4.84 Å². The first-order chi connectivity index (χ1) is 12.3. The molecule has 0 saturated carbocycles. The maximum Gasteiger partial charge on any atom is 0.272 e. The summed E-state index contributed by atoms with van der Waals surface area (Å²) in [6.07, 6.45) is 4.15. The van der Waals surface area contributed by atoms with Crippen LogP contribution in [0.2, 0.25) is 0 Å². The number of hydrogen-bond acceptors (Lipinski definition) is 7. The predicted octanol–water partition coefficient (Wildman–Crippen LogP) is 0.0460. The van der Waals surface area contributed by atoms with E-state index in [1.54, 1.807) is 21.7 Å². The average Bonchev–Trinajstić information content (AvgIpc) is 3.40. The van der Waals surface area contributed by atoms with E-state index in [2.05, 4.69) is 25.3 Å². The maximum atomic E-state index is 12.9. The summed E-state index contributed by atoms with van der Waals surface area (Å²) < 4.78 is 3.42. The van der Waals surface area contributed by atoms with Gasteiger partial charge in [-0.1, -0.05) is 0 Å². The summed E-state index contributed by atoms with van der Waals surface area (Å²) in [5.41, 5.74) is 1.65. The van der Waals surface area contributed by atoms with Gasteiger partial charge in [0.15, 0.2) is 11.7 Å². The van der Waals surface area contributed by atoms with E-state index < -0.39 is 6.04 Å². The highest BCUT2D eigenvalue weighted by molar-refractivity contribution is 5.80. The highest BCUT2D eigenvalue weighted by Gasteiger charge is 2.36. The van der Waals surface area contributed by atoms with Crippen molar-refractivity contribution in [1.82, 2.24) is 34.7 Å². The summed E-state index contributed by atoms with van der Waals surface area (Å²) in [6, 6.07) is 5.25. The zero-order chi connectivity index (χ0) is 16.8. The number of rotatable bonds is 2. The Morgan fingerprint density at radius 3 is 3.12 bits per heavy atom. The van der Waals surface area contributed by atoms with Crippen molar-refractivity contribution in [3.8, 4) is 0 Å². The van der Waals surface area contributed by atoms with Gasteiger partial charge in [-0.3, -0.25) is 14.3 Å². The van der Waals surface area contributed by atoms with Gasteiger partial charge in [-0.05, 0) is 24.6 Å². The first-order valence-corrected chi connectivity index (χ1v) is 8.18. The van der Waals surface area contributed by atoms with Crippen molar-refractivity contribution >= 4 is 17.4 Å². The molecule has 0 aliphatic carbocycles. The summed E-state index contributed by atoms with van der Waals surface area (Å²) in [7, 11) is 0. The Labute approximate surface area is 142 Å². The smallest absolute Gasteiger partial charge is 0.272 e. The number of hydrogen-bond donors (Lipinski definition) is 0. The predicted molar refractivity (Wildman–Crippen MR) is 85.4 cm³/mol. The summed E-state index contributed by atoms with van der Waals surface area (Å²) in [5, 5.41) is 18.2. The molecule has 25 heavy (non-hydrogen) atoms. The molecular formula is C15H16N8O2. The van der Waals surface area contributed by atoms with Gasteiger partial charge in [0.2, 0.25) is 0 Å². The zero-order valence-corrected chi connectivity index (χ0v) is 13.4. The second-order valence-corrected chi connectivity index (χ2v) is 6.12. The average molecular weight is 340 g/mol. The lowest BCUT2D eigenvalue weighted by Crippen LogP contribution is -2.46. The Morgan fingerprint density at radius 2 is 2.24 bits per heavy atom. The largest absolute Gasteiger partial charge is 0.347 e. The fourth-order valence-electron chi connectivity index (χ4n) is 3.33. The molecule has 5 rings (SSSR count). The van der Waals surface area contributed by atoms with E-state index in [1.807, 2.05) is 18.2 Å². The van der Waals surface area contributed by atoms with E-state index in [0.717, 1.165) is 17.9 Å². The van der Waals surface area contributed by atoms with Crippen LogP contribution in [0.1, 0.15) is 18.2 Å². The molecule has 128 valence electrons. The van der Waals surface area contributed by atoms with Gasteiger partial charge < -0.3 is 4.90 Å². The van der Waals surface area contributed by atoms with Gasteiger partial charge in [-0.2, -0.15) is 9.61 Å². The van der Waals surface area contributed by atoms with Crippen LogP contribution in [0, 0.1) is 0 Å². The lowest BCUT2D eigenvalue weighted by molar-refractivity contribution is -0.172. The van der Waals surface area contributed by atoms with E-state index in [9.17, 15) is 4.79 Å². The van der Waals surface area contributed by atoms with Crippen LogP contribution in [-0.2, 0) is 16.2 Å². The normalized spacial score (nSPS) is 20.2. The molecule has 0 aromatic carbocycles. The first-order valence-electron chi connectivity index (χ1n) is 8.18. The molecule has 0 N–H and O–H groups in total. The molecular weight excluding hydrogens is 324 g/mol. The van der Waals surface area contributed by atoms with Gasteiger partial charge in [0, 0.05) is 6.20 Å². The molecule has 10 nitrogen and oxygen atoms in total. The molecule has 10 heteroatoms. The van der Waals surface area contributed by atoms with Gasteiger partial charge in [0.25, 0.3) is 5.91 Å². The van der Waals surface area contributed by atoms with Gasteiger partial charge in [-0.25, -0.2) is 5.06 Å². The molecule has 2 aliphatic heterocycles. The molecule has 2 aliphatic rings. The van der Waals surface area contributed by atoms with Crippen LogP contribution in [0.4, 0.5) is 5.82 Å². The van der Waals surface area contributed by atoms with Crippen LogP contribution in [-0.4, -0.2) is 60.3 Å². The molecule has 0 radical (unpaired) electrons. The van der Waals surface area contributed by atoms with Crippen molar-refractivity contribution in [3.05, 3.63) is 36.4 Å². The SMILES string of the molecule is O=C(C1CN(c2ccc3nncn3n2)Cc2ccnn21)N1CCCO1. The molecule has 1 atom stereocenters. The maximum absolute atomic E-state index is 12.9. The van der Waals surface area contributed by atoms with Crippen LogP contribution < -0.4 is 4.90 Å². The van der Waals surface area contributed by atoms with E-state index in [-0.39, 0.29) is 5.91 Å². The van der Waals surface area contributed by atoms with E-state index in [1.165, 1.54) is 5.06 Å². The van der Waals surface area contributed by atoms with Crippen molar-refractivity contribution < 1.29 is 9.63 Å². The molecule has 0 bridgehead atoms. The van der Waals surface area contributed by atoms with Crippen molar-refractivity contribution in [2.75, 3.05) is 24.6 Å². The second-order valence-electron chi connectivity index (χ2n) is 6.12. The minimum Gasteiger partial charge on any atom is -0.347 e. The number of carbonyl (C=O) groups is 1. The van der Waals surface area contributed by atoms with Crippen LogP contribution in [0.3, 0.4) is 0 Å². The summed E-state index contributed by atoms with van der Waals surface area (Å²) >= 11 is 0. The lowest BCUT2D eigenvalue weighted by atomic mass is 10.1. The fourth-order valence-corrected chi connectivity index (χ4v) is 3.33. The number of aromatic nitrogens is 6. The number of nitrogens with zero attached hydrogens (tertiary/aromatic N) is 8. The highest BCUT2D eigenvalue weighted by Crippen LogP contribution is 2.26. The Bertz CT molecular complexity index is 928. The van der Waals surface area contributed by atoms with Gasteiger partial charge in [0.05, 0.1) is 31.9 Å². The van der Waals surface area contributed by atoms with Gasteiger partial charge in [-0.15, -0.1) is 15.3 Å². The molecule has 3 aromatic rings. The molecule has 3 aromatic heterocycles. The third-order valence-electron chi connectivity index (χ3n) is 4.55. The Hall–Kier alpha value is -3.01. The van der Waals surface area contributed by atoms with Gasteiger partial charge in [0.1, 0.15) is 12.1 Å². The number of fused-ring (bicyclic) bond motifs is 2. The number of carbonyl (C=O) groups excluding carboxylic acids is 1. The van der Waals surface area contributed by atoms with E-state index in [0.29, 0.717) is 31.9 Å². The second kappa shape index (κ2) is 5.52. The van der Waals surface area contributed by atoms with Crippen molar-refractivity contribution in [2.45, 2.75) is 19.0 Å². The van der Waals surface area contributed by atoms with Crippen molar-refractivity contribution in [1.29, 1.82) is 0 Å². The quantitative estimate of drug-likeness (QED) is 0.650. The zero-order valence-electron chi connectivity index (χ0n) is 13.4. The minimum absolute atomic E-state index is 0.0717. The third-order valence-corrected chi connectivity index (χ3v) is 4.55.